The zero-order valence-electron chi connectivity index (χ0n) is 12.1. The molecule has 0 radical (unpaired) electrons. The van der Waals surface area contributed by atoms with Gasteiger partial charge >= 0.3 is 0 Å². The number of aliphatic hydroxyl groups excluding tert-OH is 1. The fourth-order valence-electron chi connectivity index (χ4n) is 2.48. The Labute approximate surface area is 133 Å². The molecule has 0 spiro atoms. The highest BCUT2D eigenvalue weighted by molar-refractivity contribution is 7.89. The Bertz CT molecular complexity index is 832. The van der Waals surface area contributed by atoms with Crippen molar-refractivity contribution in [2.24, 2.45) is 5.92 Å². The number of rotatable bonds is 5. The number of benzene rings is 1. The summed E-state index contributed by atoms with van der Waals surface area (Å²) in [5.74, 6) is -0.527. The first-order valence-electron chi connectivity index (χ1n) is 7.10. The van der Waals surface area contributed by atoms with Gasteiger partial charge in [-0.1, -0.05) is 24.3 Å². The molecule has 6 nitrogen and oxygen atoms in total. The molecule has 1 aromatic heterocycles. The van der Waals surface area contributed by atoms with Gasteiger partial charge in [-0.2, -0.15) is 5.10 Å². The largest absolute Gasteiger partial charge is 0.396 e. The molecule has 1 heterocycles. The van der Waals surface area contributed by atoms with Crippen molar-refractivity contribution in [1.82, 2.24) is 14.5 Å². The standard InChI is InChI=1S/C15H16FN3O3S/c16-14-3-1-2-4-15(14)19-9-13(8-17-19)23(21,22)18-12-6-5-11(7-12)10-20/h1-6,8-9,11-12,18,20H,7,10H2/t11-,12+/m0/s1. The molecule has 0 saturated carbocycles. The molecular formula is C15H16FN3O3S. The number of aliphatic hydroxyl groups is 1. The van der Waals surface area contributed by atoms with E-state index in [1.165, 1.54) is 29.2 Å². The van der Waals surface area contributed by atoms with Crippen molar-refractivity contribution in [3.63, 3.8) is 0 Å². The van der Waals surface area contributed by atoms with Crippen LogP contribution in [0.2, 0.25) is 0 Å². The van der Waals surface area contributed by atoms with E-state index in [4.69, 9.17) is 5.11 Å². The molecule has 23 heavy (non-hydrogen) atoms. The van der Waals surface area contributed by atoms with E-state index in [9.17, 15) is 12.8 Å². The highest BCUT2D eigenvalue weighted by atomic mass is 32.2. The molecule has 0 amide bonds. The predicted octanol–water partition coefficient (Wildman–Crippen LogP) is 1.23. The average molecular weight is 337 g/mol. The monoisotopic (exact) mass is 337 g/mol. The molecule has 0 unspecified atom stereocenters. The Morgan fingerprint density at radius 2 is 2.13 bits per heavy atom. The Hall–Kier alpha value is -2.03. The van der Waals surface area contributed by atoms with Crippen LogP contribution in [0.1, 0.15) is 6.42 Å². The SMILES string of the molecule is O=S(=O)(N[C@@H]1C=C[C@H](CO)C1)c1cnn(-c2ccccc2F)c1. The summed E-state index contributed by atoms with van der Waals surface area (Å²) >= 11 is 0. The van der Waals surface area contributed by atoms with Gasteiger partial charge in [-0.25, -0.2) is 22.2 Å². The van der Waals surface area contributed by atoms with Crippen LogP contribution in [0.25, 0.3) is 5.69 Å². The van der Waals surface area contributed by atoms with Gasteiger partial charge in [0, 0.05) is 18.6 Å². The van der Waals surface area contributed by atoms with Crippen molar-refractivity contribution in [1.29, 1.82) is 0 Å². The molecular weight excluding hydrogens is 321 g/mol. The molecule has 1 aliphatic rings. The van der Waals surface area contributed by atoms with Crippen molar-refractivity contribution in [2.75, 3.05) is 6.61 Å². The summed E-state index contributed by atoms with van der Waals surface area (Å²) in [6.07, 6.45) is 6.47. The van der Waals surface area contributed by atoms with Crippen LogP contribution in [0.15, 0.2) is 53.7 Å². The van der Waals surface area contributed by atoms with Crippen molar-refractivity contribution in [2.45, 2.75) is 17.4 Å². The fraction of sp³-hybridized carbons (Fsp3) is 0.267. The van der Waals surface area contributed by atoms with E-state index in [2.05, 4.69) is 9.82 Å². The fourth-order valence-corrected chi connectivity index (χ4v) is 3.61. The topological polar surface area (TPSA) is 84.2 Å². The Morgan fingerprint density at radius 1 is 1.35 bits per heavy atom. The number of halogens is 1. The van der Waals surface area contributed by atoms with Gasteiger partial charge in [-0.15, -0.1) is 0 Å². The third kappa shape index (κ3) is 3.34. The number of hydrogen-bond acceptors (Lipinski definition) is 4. The number of nitrogens with zero attached hydrogens (tertiary/aromatic N) is 2. The summed E-state index contributed by atoms with van der Waals surface area (Å²) < 4.78 is 42.2. The maximum atomic E-state index is 13.7. The summed E-state index contributed by atoms with van der Waals surface area (Å²) in [5, 5.41) is 13.0. The van der Waals surface area contributed by atoms with Crippen LogP contribution in [0, 0.1) is 11.7 Å². The van der Waals surface area contributed by atoms with E-state index in [-0.39, 0.29) is 29.1 Å². The molecule has 1 aromatic carbocycles. The molecule has 0 bridgehead atoms. The first kappa shape index (κ1) is 15.9. The van der Waals surface area contributed by atoms with Gasteiger partial charge in [0.1, 0.15) is 16.4 Å². The lowest BCUT2D eigenvalue weighted by molar-refractivity contribution is 0.248. The van der Waals surface area contributed by atoms with Crippen molar-refractivity contribution < 1.29 is 17.9 Å². The summed E-state index contributed by atoms with van der Waals surface area (Å²) in [4.78, 5) is -0.0402. The zero-order chi connectivity index (χ0) is 16.4. The third-order valence-corrected chi connectivity index (χ3v) is 5.13. The number of nitrogens with one attached hydrogen (secondary N) is 1. The lowest BCUT2D eigenvalue weighted by Gasteiger charge is -2.12. The van der Waals surface area contributed by atoms with Crippen LogP contribution in [0.5, 0.6) is 0 Å². The maximum Gasteiger partial charge on any atom is 0.244 e. The lowest BCUT2D eigenvalue weighted by Crippen LogP contribution is -2.32. The average Bonchev–Trinajstić information content (AvgIpc) is 3.16. The van der Waals surface area contributed by atoms with E-state index in [0.29, 0.717) is 6.42 Å². The van der Waals surface area contributed by atoms with Crippen LogP contribution in [-0.2, 0) is 10.0 Å². The highest BCUT2D eigenvalue weighted by Gasteiger charge is 2.25. The number of aromatic nitrogens is 2. The van der Waals surface area contributed by atoms with Crippen LogP contribution >= 0.6 is 0 Å². The summed E-state index contributed by atoms with van der Waals surface area (Å²) in [7, 11) is -3.76. The lowest BCUT2D eigenvalue weighted by atomic mass is 10.1. The highest BCUT2D eigenvalue weighted by Crippen LogP contribution is 2.20. The number of hydrogen-bond donors (Lipinski definition) is 2. The predicted molar refractivity (Wildman–Crippen MR) is 82.0 cm³/mol. The van der Waals surface area contributed by atoms with Crippen molar-refractivity contribution in [3.05, 3.63) is 54.6 Å². The summed E-state index contributed by atoms with van der Waals surface area (Å²) in [5.41, 5.74) is 0.176. The van der Waals surface area contributed by atoms with Gasteiger partial charge in [0.25, 0.3) is 0 Å². The Kier molecular flexibility index (Phi) is 4.29. The molecule has 0 saturated heterocycles. The molecule has 8 heteroatoms. The minimum absolute atomic E-state index is 0.0139. The Morgan fingerprint density at radius 3 is 2.83 bits per heavy atom. The molecule has 2 N–H and O–H groups in total. The van der Waals surface area contributed by atoms with E-state index in [1.807, 2.05) is 0 Å². The van der Waals surface area contributed by atoms with Gasteiger partial charge in [0.2, 0.25) is 10.0 Å². The number of para-hydroxylation sites is 1. The molecule has 1 aliphatic carbocycles. The molecule has 3 rings (SSSR count). The third-order valence-electron chi connectivity index (χ3n) is 3.68. The smallest absolute Gasteiger partial charge is 0.244 e. The first-order valence-corrected chi connectivity index (χ1v) is 8.59. The summed E-state index contributed by atoms with van der Waals surface area (Å²) in [6.45, 7) is -0.0139. The summed E-state index contributed by atoms with van der Waals surface area (Å²) in [6, 6.07) is 5.62. The second-order valence-electron chi connectivity index (χ2n) is 5.36. The van der Waals surface area contributed by atoms with Crippen LogP contribution in [-0.4, -0.2) is 36.0 Å². The quantitative estimate of drug-likeness (QED) is 0.804. The minimum atomic E-state index is -3.76. The second kappa shape index (κ2) is 6.23. The van der Waals surface area contributed by atoms with Crippen LogP contribution in [0.4, 0.5) is 4.39 Å². The molecule has 2 aromatic rings. The van der Waals surface area contributed by atoms with E-state index in [0.717, 1.165) is 0 Å². The van der Waals surface area contributed by atoms with E-state index in [1.54, 1.807) is 24.3 Å². The normalized spacial score (nSPS) is 21.0. The molecule has 0 aliphatic heterocycles. The second-order valence-corrected chi connectivity index (χ2v) is 7.08. The first-order chi connectivity index (χ1) is 11.0. The van der Waals surface area contributed by atoms with Crippen LogP contribution in [0.3, 0.4) is 0 Å². The molecule has 2 atom stereocenters. The number of sulfonamides is 1. The van der Waals surface area contributed by atoms with E-state index < -0.39 is 15.8 Å². The van der Waals surface area contributed by atoms with Gasteiger partial charge in [0.15, 0.2) is 0 Å². The Balaban J connectivity index is 1.80. The zero-order valence-corrected chi connectivity index (χ0v) is 12.9. The van der Waals surface area contributed by atoms with Crippen LogP contribution < -0.4 is 4.72 Å². The molecule has 0 fully saturated rings. The van der Waals surface area contributed by atoms with Gasteiger partial charge in [-0.3, -0.25) is 0 Å². The van der Waals surface area contributed by atoms with Crippen molar-refractivity contribution in [3.8, 4) is 5.69 Å². The van der Waals surface area contributed by atoms with Gasteiger partial charge < -0.3 is 5.11 Å². The van der Waals surface area contributed by atoms with Gasteiger partial charge in [0.05, 0.1) is 12.4 Å². The maximum absolute atomic E-state index is 13.7. The van der Waals surface area contributed by atoms with Gasteiger partial charge in [-0.05, 0) is 18.6 Å². The molecule has 122 valence electrons. The minimum Gasteiger partial charge on any atom is -0.396 e. The van der Waals surface area contributed by atoms with E-state index >= 15 is 0 Å². The van der Waals surface area contributed by atoms with Crippen molar-refractivity contribution >= 4 is 10.0 Å².